The quantitative estimate of drug-likeness (QED) is 0.761. The van der Waals surface area contributed by atoms with Gasteiger partial charge in [0.05, 0.1) is 22.5 Å². The number of halogens is 1. The number of hydrogen-bond donors (Lipinski definition) is 1. The Bertz CT molecular complexity index is 884. The monoisotopic (exact) mass is 357 g/mol. The van der Waals surface area contributed by atoms with Gasteiger partial charge in [0.1, 0.15) is 12.4 Å². The predicted octanol–water partition coefficient (Wildman–Crippen LogP) is 3.35. The molecule has 2 aromatic heterocycles. The van der Waals surface area contributed by atoms with E-state index >= 15 is 0 Å². The zero-order valence-corrected chi connectivity index (χ0v) is 15.2. The van der Waals surface area contributed by atoms with Crippen molar-refractivity contribution in [3.8, 4) is 0 Å². The van der Waals surface area contributed by atoms with Crippen molar-refractivity contribution in [1.82, 2.24) is 24.9 Å². The molecule has 1 unspecified atom stereocenters. The molecule has 0 aliphatic carbocycles. The van der Waals surface area contributed by atoms with Crippen LogP contribution in [-0.2, 0) is 6.67 Å². The fraction of sp³-hybridized carbons (Fsp3) is 0.278. The molecule has 0 aliphatic heterocycles. The Kier molecular flexibility index (Phi) is 4.90. The van der Waals surface area contributed by atoms with Crippen molar-refractivity contribution >= 4 is 17.5 Å². The van der Waals surface area contributed by atoms with Crippen LogP contribution >= 0.6 is 11.6 Å². The molecule has 6 nitrogen and oxygen atoms in total. The van der Waals surface area contributed by atoms with Gasteiger partial charge in [0.15, 0.2) is 0 Å². The molecule has 1 N–H and O–H groups in total. The lowest BCUT2D eigenvalue weighted by molar-refractivity contribution is 0.0934. The summed E-state index contributed by atoms with van der Waals surface area (Å²) in [4.78, 5) is 12.4. The first-order valence-electron chi connectivity index (χ1n) is 8.04. The van der Waals surface area contributed by atoms with Crippen LogP contribution in [-0.4, -0.2) is 25.5 Å². The first-order chi connectivity index (χ1) is 12.0. The number of carbonyl (C=O) groups excluding carboxylic acids is 1. The van der Waals surface area contributed by atoms with E-state index < -0.39 is 0 Å². The summed E-state index contributed by atoms with van der Waals surface area (Å²) in [7, 11) is 0. The highest BCUT2D eigenvalue weighted by molar-refractivity contribution is 6.31. The van der Waals surface area contributed by atoms with Crippen molar-refractivity contribution in [3.05, 3.63) is 70.3 Å². The fourth-order valence-corrected chi connectivity index (χ4v) is 2.74. The molecule has 1 amide bonds. The van der Waals surface area contributed by atoms with Gasteiger partial charge in [0.25, 0.3) is 5.91 Å². The second-order valence-corrected chi connectivity index (χ2v) is 6.35. The minimum atomic E-state index is -0.207. The Morgan fingerprint density at radius 1 is 1.20 bits per heavy atom. The fourth-order valence-electron chi connectivity index (χ4n) is 2.61. The summed E-state index contributed by atoms with van der Waals surface area (Å²) in [6.07, 6.45) is 1.76. The van der Waals surface area contributed by atoms with E-state index in [4.69, 9.17) is 11.6 Å². The van der Waals surface area contributed by atoms with Gasteiger partial charge < -0.3 is 5.32 Å². The normalized spacial score (nSPS) is 12.2. The van der Waals surface area contributed by atoms with Gasteiger partial charge in [-0.3, -0.25) is 9.48 Å². The van der Waals surface area contributed by atoms with Crippen LogP contribution in [0.25, 0.3) is 0 Å². The first kappa shape index (κ1) is 17.2. The summed E-state index contributed by atoms with van der Waals surface area (Å²) in [5, 5.41) is 12.3. The van der Waals surface area contributed by atoms with Crippen molar-refractivity contribution in [1.29, 1.82) is 0 Å². The van der Waals surface area contributed by atoms with Crippen LogP contribution in [0.2, 0.25) is 5.02 Å². The van der Waals surface area contributed by atoms with Crippen molar-refractivity contribution in [2.45, 2.75) is 33.5 Å². The number of nitrogens with zero attached hydrogens (tertiary/aromatic N) is 4. The zero-order chi connectivity index (χ0) is 18.0. The Balaban J connectivity index is 1.68. The van der Waals surface area contributed by atoms with Crippen molar-refractivity contribution in [2.24, 2.45) is 0 Å². The maximum absolute atomic E-state index is 12.4. The van der Waals surface area contributed by atoms with Crippen LogP contribution in [0.15, 0.2) is 42.6 Å². The molecular weight excluding hydrogens is 338 g/mol. The third-order valence-electron chi connectivity index (χ3n) is 4.09. The molecule has 3 aromatic rings. The van der Waals surface area contributed by atoms with E-state index in [0.717, 1.165) is 17.0 Å². The molecule has 25 heavy (non-hydrogen) atoms. The standard InChI is InChI=1S/C18H20ClN5O/c1-12(15-7-5-4-6-8-15)20-18(25)16-9-10-23(22-16)11-24-14(3)17(19)13(2)21-24/h4-10,12H,11H2,1-3H3,(H,20,25). The summed E-state index contributed by atoms with van der Waals surface area (Å²) in [6, 6.07) is 11.4. The highest BCUT2D eigenvalue weighted by Gasteiger charge is 2.15. The van der Waals surface area contributed by atoms with Crippen LogP contribution in [0.3, 0.4) is 0 Å². The molecule has 0 saturated carbocycles. The van der Waals surface area contributed by atoms with Crippen LogP contribution in [0.4, 0.5) is 0 Å². The molecule has 3 rings (SSSR count). The van der Waals surface area contributed by atoms with Gasteiger partial charge in [-0.15, -0.1) is 0 Å². The molecule has 130 valence electrons. The Hall–Kier alpha value is -2.60. The summed E-state index contributed by atoms with van der Waals surface area (Å²) in [5.41, 5.74) is 3.07. The summed E-state index contributed by atoms with van der Waals surface area (Å²) >= 11 is 6.16. The summed E-state index contributed by atoms with van der Waals surface area (Å²) in [6.45, 7) is 6.11. The highest BCUT2D eigenvalue weighted by Crippen LogP contribution is 2.18. The second-order valence-electron chi connectivity index (χ2n) is 5.97. The van der Waals surface area contributed by atoms with E-state index in [9.17, 15) is 4.79 Å². The number of benzene rings is 1. The van der Waals surface area contributed by atoms with Crippen molar-refractivity contribution in [3.63, 3.8) is 0 Å². The molecule has 0 fully saturated rings. The molecule has 0 bridgehead atoms. The van der Waals surface area contributed by atoms with Crippen molar-refractivity contribution < 1.29 is 4.79 Å². The summed E-state index contributed by atoms with van der Waals surface area (Å²) < 4.78 is 3.43. The summed E-state index contributed by atoms with van der Waals surface area (Å²) in [5.74, 6) is -0.207. The lowest BCUT2D eigenvalue weighted by Crippen LogP contribution is -2.27. The minimum Gasteiger partial charge on any atom is -0.344 e. The van der Waals surface area contributed by atoms with E-state index in [1.165, 1.54) is 0 Å². The third kappa shape index (κ3) is 3.74. The molecular formula is C18H20ClN5O. The van der Waals surface area contributed by atoms with Gasteiger partial charge in [0, 0.05) is 6.20 Å². The van der Waals surface area contributed by atoms with Gasteiger partial charge in [-0.2, -0.15) is 10.2 Å². The van der Waals surface area contributed by atoms with E-state index in [2.05, 4.69) is 15.5 Å². The van der Waals surface area contributed by atoms with Gasteiger partial charge in [-0.1, -0.05) is 41.9 Å². The number of carbonyl (C=O) groups is 1. The SMILES string of the molecule is Cc1nn(Cn2ccc(C(=O)NC(C)c3ccccc3)n2)c(C)c1Cl. The van der Waals surface area contributed by atoms with Crippen LogP contribution in [0, 0.1) is 13.8 Å². The molecule has 0 radical (unpaired) electrons. The largest absolute Gasteiger partial charge is 0.344 e. The molecule has 7 heteroatoms. The molecule has 2 heterocycles. The maximum atomic E-state index is 12.4. The molecule has 0 spiro atoms. The average Bonchev–Trinajstić information content (AvgIpc) is 3.17. The number of aryl methyl sites for hydroxylation is 1. The lowest BCUT2D eigenvalue weighted by atomic mass is 10.1. The Labute approximate surface area is 151 Å². The smallest absolute Gasteiger partial charge is 0.272 e. The predicted molar refractivity (Wildman–Crippen MR) is 96.7 cm³/mol. The minimum absolute atomic E-state index is 0.0892. The van der Waals surface area contributed by atoms with Gasteiger partial charge in [-0.05, 0) is 32.4 Å². The van der Waals surface area contributed by atoms with E-state index in [0.29, 0.717) is 17.4 Å². The molecule has 0 aliphatic rings. The van der Waals surface area contributed by atoms with E-state index in [-0.39, 0.29) is 11.9 Å². The number of hydrogen-bond acceptors (Lipinski definition) is 3. The van der Waals surface area contributed by atoms with E-state index in [1.807, 2.05) is 51.1 Å². The highest BCUT2D eigenvalue weighted by atomic mass is 35.5. The van der Waals surface area contributed by atoms with E-state index in [1.54, 1.807) is 21.6 Å². The third-order valence-corrected chi connectivity index (χ3v) is 4.64. The van der Waals surface area contributed by atoms with Crippen LogP contribution < -0.4 is 5.32 Å². The van der Waals surface area contributed by atoms with Crippen LogP contribution in [0.5, 0.6) is 0 Å². The number of nitrogens with one attached hydrogen (secondary N) is 1. The Morgan fingerprint density at radius 2 is 1.92 bits per heavy atom. The maximum Gasteiger partial charge on any atom is 0.272 e. The molecule has 1 atom stereocenters. The lowest BCUT2D eigenvalue weighted by Gasteiger charge is -2.13. The Morgan fingerprint density at radius 3 is 2.56 bits per heavy atom. The zero-order valence-electron chi connectivity index (χ0n) is 14.4. The van der Waals surface area contributed by atoms with Gasteiger partial charge in [0.2, 0.25) is 0 Å². The molecule has 1 aromatic carbocycles. The number of rotatable bonds is 5. The number of amides is 1. The van der Waals surface area contributed by atoms with Gasteiger partial charge >= 0.3 is 0 Å². The second kappa shape index (κ2) is 7.11. The first-order valence-corrected chi connectivity index (χ1v) is 8.42. The van der Waals surface area contributed by atoms with Crippen molar-refractivity contribution in [2.75, 3.05) is 0 Å². The van der Waals surface area contributed by atoms with Gasteiger partial charge in [-0.25, -0.2) is 4.68 Å². The average molecular weight is 358 g/mol. The number of aromatic nitrogens is 4. The topological polar surface area (TPSA) is 64.7 Å². The van der Waals surface area contributed by atoms with Crippen LogP contribution in [0.1, 0.15) is 40.4 Å². The molecule has 0 saturated heterocycles.